The van der Waals surface area contributed by atoms with E-state index in [4.69, 9.17) is 10.5 Å². The highest BCUT2D eigenvalue weighted by molar-refractivity contribution is 5.81. The molecule has 134 valence electrons. The Hall–Kier alpha value is -1.55. The topological polar surface area (TPSA) is 64.4 Å². The van der Waals surface area contributed by atoms with Gasteiger partial charge in [-0.05, 0) is 62.1 Å². The molecule has 0 saturated heterocycles. The van der Waals surface area contributed by atoms with Crippen molar-refractivity contribution < 1.29 is 9.53 Å². The minimum Gasteiger partial charge on any atom is -0.490 e. The van der Waals surface area contributed by atoms with Gasteiger partial charge in [0.05, 0.1) is 18.2 Å². The van der Waals surface area contributed by atoms with Gasteiger partial charge in [0.1, 0.15) is 5.75 Å². The van der Waals surface area contributed by atoms with E-state index < -0.39 is 6.04 Å². The summed E-state index contributed by atoms with van der Waals surface area (Å²) in [5, 5.41) is 3.08. The van der Waals surface area contributed by atoms with Crippen molar-refractivity contribution in [3.8, 4) is 5.75 Å². The Labute approximate surface area is 146 Å². The molecule has 1 saturated carbocycles. The third kappa shape index (κ3) is 5.52. The average Bonchev–Trinajstić information content (AvgIpc) is 3.05. The van der Waals surface area contributed by atoms with Crippen LogP contribution in [0.25, 0.3) is 0 Å². The Morgan fingerprint density at radius 1 is 1.25 bits per heavy atom. The SMILES string of the molecule is CC[C@H](NC(=O)[C@H](N)CC(C)C)c1ccc(OC2CCCC2)cc1. The van der Waals surface area contributed by atoms with E-state index in [1.165, 1.54) is 12.8 Å². The minimum absolute atomic E-state index is 0.00348. The number of nitrogens with one attached hydrogen (secondary N) is 1. The van der Waals surface area contributed by atoms with Crippen LogP contribution in [0.4, 0.5) is 0 Å². The van der Waals surface area contributed by atoms with Crippen molar-refractivity contribution in [2.24, 2.45) is 11.7 Å². The Bertz CT molecular complexity index is 507. The minimum atomic E-state index is -0.441. The Morgan fingerprint density at radius 3 is 2.42 bits per heavy atom. The summed E-state index contributed by atoms with van der Waals surface area (Å²) in [5.74, 6) is 1.27. The molecule has 0 spiro atoms. The van der Waals surface area contributed by atoms with Crippen molar-refractivity contribution in [1.29, 1.82) is 0 Å². The summed E-state index contributed by atoms with van der Waals surface area (Å²) in [7, 11) is 0. The number of benzene rings is 1. The van der Waals surface area contributed by atoms with E-state index in [9.17, 15) is 4.79 Å². The molecule has 2 atom stereocenters. The summed E-state index contributed by atoms with van der Waals surface area (Å²) in [6.45, 7) is 6.23. The van der Waals surface area contributed by atoms with Gasteiger partial charge in [-0.25, -0.2) is 0 Å². The molecule has 1 aromatic rings. The zero-order valence-corrected chi connectivity index (χ0v) is 15.3. The Morgan fingerprint density at radius 2 is 1.88 bits per heavy atom. The number of carbonyl (C=O) groups is 1. The monoisotopic (exact) mass is 332 g/mol. The fourth-order valence-electron chi connectivity index (χ4n) is 3.29. The third-order valence-corrected chi connectivity index (χ3v) is 4.67. The number of hydrogen-bond acceptors (Lipinski definition) is 3. The summed E-state index contributed by atoms with van der Waals surface area (Å²) >= 11 is 0. The molecule has 0 aromatic heterocycles. The summed E-state index contributed by atoms with van der Waals surface area (Å²) < 4.78 is 6.00. The predicted molar refractivity (Wildman–Crippen MR) is 97.9 cm³/mol. The van der Waals surface area contributed by atoms with E-state index in [1.807, 2.05) is 24.3 Å². The van der Waals surface area contributed by atoms with E-state index in [2.05, 4.69) is 26.1 Å². The molecule has 24 heavy (non-hydrogen) atoms. The van der Waals surface area contributed by atoms with E-state index in [-0.39, 0.29) is 11.9 Å². The summed E-state index contributed by atoms with van der Waals surface area (Å²) in [6.07, 6.45) is 6.75. The number of rotatable bonds is 8. The Balaban J connectivity index is 1.93. The van der Waals surface area contributed by atoms with Gasteiger partial charge in [-0.3, -0.25) is 4.79 Å². The average molecular weight is 332 g/mol. The fraction of sp³-hybridized carbons (Fsp3) is 0.650. The molecular formula is C20H32N2O2. The molecule has 4 nitrogen and oxygen atoms in total. The van der Waals surface area contributed by atoms with Crippen LogP contribution in [-0.4, -0.2) is 18.1 Å². The van der Waals surface area contributed by atoms with Crippen LogP contribution in [0.15, 0.2) is 24.3 Å². The van der Waals surface area contributed by atoms with Crippen molar-refractivity contribution in [3.05, 3.63) is 29.8 Å². The van der Waals surface area contributed by atoms with Gasteiger partial charge in [-0.2, -0.15) is 0 Å². The lowest BCUT2D eigenvalue weighted by molar-refractivity contribution is -0.123. The summed E-state index contributed by atoms with van der Waals surface area (Å²) in [5.41, 5.74) is 7.08. The van der Waals surface area contributed by atoms with Crippen molar-refractivity contribution in [3.63, 3.8) is 0 Å². The van der Waals surface area contributed by atoms with Crippen LogP contribution < -0.4 is 15.8 Å². The molecule has 0 unspecified atom stereocenters. The molecule has 1 aliphatic rings. The van der Waals surface area contributed by atoms with Gasteiger partial charge in [0.2, 0.25) is 5.91 Å². The molecule has 1 amide bonds. The number of nitrogens with two attached hydrogens (primary N) is 1. The first-order valence-corrected chi connectivity index (χ1v) is 9.32. The van der Waals surface area contributed by atoms with Crippen LogP contribution in [0.5, 0.6) is 5.75 Å². The summed E-state index contributed by atoms with van der Waals surface area (Å²) in [6, 6.07) is 7.67. The quantitative estimate of drug-likeness (QED) is 0.757. The smallest absolute Gasteiger partial charge is 0.237 e. The lowest BCUT2D eigenvalue weighted by Gasteiger charge is -2.21. The van der Waals surface area contributed by atoms with Gasteiger partial charge < -0.3 is 15.8 Å². The third-order valence-electron chi connectivity index (χ3n) is 4.67. The predicted octanol–water partition coefficient (Wildman–Crippen LogP) is 3.95. The van der Waals surface area contributed by atoms with Gasteiger partial charge >= 0.3 is 0 Å². The van der Waals surface area contributed by atoms with Crippen LogP contribution in [0, 0.1) is 5.92 Å². The van der Waals surface area contributed by atoms with Gasteiger partial charge in [0.15, 0.2) is 0 Å². The molecule has 4 heteroatoms. The van der Waals surface area contributed by atoms with E-state index in [0.717, 1.165) is 30.6 Å². The number of ether oxygens (including phenoxy) is 1. The Kier molecular flexibility index (Phi) is 7.10. The van der Waals surface area contributed by atoms with Gasteiger partial charge in [-0.1, -0.05) is 32.9 Å². The van der Waals surface area contributed by atoms with E-state index >= 15 is 0 Å². The first-order valence-electron chi connectivity index (χ1n) is 9.32. The highest BCUT2D eigenvalue weighted by Gasteiger charge is 2.20. The summed E-state index contributed by atoms with van der Waals surface area (Å²) in [4.78, 5) is 12.3. The van der Waals surface area contributed by atoms with Crippen LogP contribution in [-0.2, 0) is 4.79 Å². The molecular weight excluding hydrogens is 300 g/mol. The highest BCUT2D eigenvalue weighted by Crippen LogP contribution is 2.26. The number of amides is 1. The maximum absolute atomic E-state index is 12.3. The van der Waals surface area contributed by atoms with Gasteiger partial charge in [-0.15, -0.1) is 0 Å². The number of carbonyl (C=O) groups excluding carboxylic acids is 1. The zero-order valence-electron chi connectivity index (χ0n) is 15.3. The first kappa shape index (κ1) is 18.8. The zero-order chi connectivity index (χ0) is 17.5. The normalized spacial score (nSPS) is 17.7. The first-order chi connectivity index (χ1) is 11.5. The largest absolute Gasteiger partial charge is 0.490 e. The van der Waals surface area contributed by atoms with Crippen molar-refractivity contribution in [2.45, 2.75) is 77.5 Å². The van der Waals surface area contributed by atoms with Crippen LogP contribution in [0.2, 0.25) is 0 Å². The molecule has 0 bridgehead atoms. The lowest BCUT2D eigenvalue weighted by atomic mass is 10.0. The second-order valence-corrected chi connectivity index (χ2v) is 7.30. The second-order valence-electron chi connectivity index (χ2n) is 7.30. The molecule has 1 aliphatic carbocycles. The molecule has 1 aromatic carbocycles. The van der Waals surface area contributed by atoms with Crippen molar-refractivity contribution >= 4 is 5.91 Å². The molecule has 1 fully saturated rings. The van der Waals surface area contributed by atoms with Crippen molar-refractivity contribution in [2.75, 3.05) is 0 Å². The van der Waals surface area contributed by atoms with E-state index in [1.54, 1.807) is 0 Å². The van der Waals surface area contributed by atoms with Crippen LogP contribution in [0.1, 0.15) is 70.9 Å². The molecule has 0 heterocycles. The fourth-order valence-corrected chi connectivity index (χ4v) is 3.29. The standard InChI is InChI=1S/C20H32N2O2/c1-4-19(22-20(23)18(21)13-14(2)3)15-9-11-17(12-10-15)24-16-7-5-6-8-16/h9-12,14,16,18-19H,4-8,13,21H2,1-3H3,(H,22,23)/t18-,19+/m1/s1. The van der Waals surface area contributed by atoms with Crippen molar-refractivity contribution in [1.82, 2.24) is 5.32 Å². The van der Waals surface area contributed by atoms with Crippen LogP contribution >= 0.6 is 0 Å². The molecule has 0 aliphatic heterocycles. The molecule has 3 N–H and O–H groups in total. The highest BCUT2D eigenvalue weighted by atomic mass is 16.5. The molecule has 2 rings (SSSR count). The molecule has 0 radical (unpaired) electrons. The maximum Gasteiger partial charge on any atom is 0.237 e. The number of hydrogen-bond donors (Lipinski definition) is 2. The van der Waals surface area contributed by atoms with Gasteiger partial charge in [0, 0.05) is 0 Å². The van der Waals surface area contributed by atoms with E-state index in [0.29, 0.717) is 18.4 Å². The second kappa shape index (κ2) is 9.07. The van der Waals surface area contributed by atoms with Gasteiger partial charge in [0.25, 0.3) is 0 Å². The maximum atomic E-state index is 12.3. The lowest BCUT2D eigenvalue weighted by Crippen LogP contribution is -2.42. The van der Waals surface area contributed by atoms with Crippen LogP contribution in [0.3, 0.4) is 0 Å².